The Morgan fingerprint density at radius 3 is 2.64 bits per heavy atom. The lowest BCUT2D eigenvalue weighted by Crippen LogP contribution is -2.33. The van der Waals surface area contributed by atoms with Gasteiger partial charge in [0.1, 0.15) is 17.7 Å². The first-order valence-corrected chi connectivity index (χ1v) is 7.74. The number of aromatic amines is 2. The summed E-state index contributed by atoms with van der Waals surface area (Å²) < 4.78 is 0. The minimum absolute atomic E-state index is 0.223. The first-order chi connectivity index (χ1) is 12.2. The molecule has 0 bridgehead atoms. The topological polar surface area (TPSA) is 125 Å². The highest BCUT2D eigenvalue weighted by Crippen LogP contribution is 2.25. The first kappa shape index (κ1) is 16.2. The molecule has 0 aliphatic carbocycles. The number of hydrogen-bond acceptors (Lipinski definition) is 5. The van der Waals surface area contributed by atoms with Gasteiger partial charge >= 0.3 is 0 Å². The lowest BCUT2D eigenvalue weighted by Gasteiger charge is -2.19. The molecule has 8 heteroatoms. The smallest absolute Gasteiger partial charge is 0.270 e. The minimum atomic E-state index is -0.240. The van der Waals surface area contributed by atoms with Gasteiger partial charge in [0.05, 0.1) is 30.7 Å². The monoisotopic (exact) mass is 333 g/mol. The molecule has 124 valence electrons. The van der Waals surface area contributed by atoms with Crippen LogP contribution in [0.3, 0.4) is 0 Å². The van der Waals surface area contributed by atoms with Crippen molar-refractivity contribution >= 4 is 16.9 Å². The standard InChI is InChI=1S/C17H15N7O/c18-4-1-7-24(8-2-5-19)17(25)14-9-12(10-21-14)15-13-3-6-20-16(13)23-11-22-15/h3,6,9-11,21H,1-2,7-8H2,(H,20,22,23). The number of carbonyl (C=O) groups is 1. The van der Waals surface area contributed by atoms with Crippen molar-refractivity contribution < 1.29 is 4.79 Å². The predicted octanol–water partition coefficient (Wildman–Crippen LogP) is 2.22. The average molecular weight is 333 g/mol. The molecule has 25 heavy (non-hydrogen) atoms. The summed E-state index contributed by atoms with van der Waals surface area (Å²) in [5, 5.41) is 18.4. The fraction of sp³-hybridized carbons (Fsp3) is 0.235. The fourth-order valence-electron chi connectivity index (χ4n) is 2.61. The number of rotatable bonds is 6. The quantitative estimate of drug-likeness (QED) is 0.715. The van der Waals surface area contributed by atoms with E-state index in [2.05, 4.69) is 19.9 Å². The van der Waals surface area contributed by atoms with Gasteiger partial charge in [-0.15, -0.1) is 0 Å². The van der Waals surface area contributed by atoms with Crippen LogP contribution in [0.1, 0.15) is 23.3 Å². The molecule has 0 aliphatic rings. The molecule has 0 fully saturated rings. The normalized spacial score (nSPS) is 10.3. The molecule has 3 heterocycles. The maximum Gasteiger partial charge on any atom is 0.270 e. The van der Waals surface area contributed by atoms with Crippen LogP contribution in [0.15, 0.2) is 30.9 Å². The molecule has 1 amide bonds. The maximum absolute atomic E-state index is 12.7. The lowest BCUT2D eigenvalue weighted by atomic mass is 10.1. The van der Waals surface area contributed by atoms with E-state index in [1.54, 1.807) is 18.5 Å². The van der Waals surface area contributed by atoms with Crippen molar-refractivity contribution in [2.45, 2.75) is 12.8 Å². The van der Waals surface area contributed by atoms with Gasteiger partial charge in [0.2, 0.25) is 0 Å². The van der Waals surface area contributed by atoms with E-state index in [0.717, 1.165) is 22.3 Å². The second-order valence-electron chi connectivity index (χ2n) is 5.37. The Hall–Kier alpha value is -3.65. The summed E-state index contributed by atoms with van der Waals surface area (Å²) in [5.41, 5.74) is 2.62. The molecule has 0 radical (unpaired) electrons. The van der Waals surface area contributed by atoms with E-state index in [1.165, 1.54) is 11.2 Å². The van der Waals surface area contributed by atoms with Crippen LogP contribution in [0, 0.1) is 22.7 Å². The van der Waals surface area contributed by atoms with Crippen molar-refractivity contribution in [3.63, 3.8) is 0 Å². The summed E-state index contributed by atoms with van der Waals surface area (Å²) in [6.07, 6.45) is 5.41. The van der Waals surface area contributed by atoms with E-state index in [1.807, 2.05) is 18.2 Å². The number of nitrogens with zero attached hydrogens (tertiary/aromatic N) is 5. The zero-order valence-electron chi connectivity index (χ0n) is 13.4. The molecule has 0 aromatic carbocycles. The number of hydrogen-bond donors (Lipinski definition) is 2. The molecule has 0 spiro atoms. The van der Waals surface area contributed by atoms with Gasteiger partial charge in [-0.1, -0.05) is 0 Å². The van der Waals surface area contributed by atoms with E-state index in [0.29, 0.717) is 18.8 Å². The van der Waals surface area contributed by atoms with Gasteiger partial charge in [-0.3, -0.25) is 4.79 Å². The SMILES string of the molecule is N#CCCN(CCC#N)C(=O)c1cc(-c2ncnc3[nH]ccc23)c[nH]1. The lowest BCUT2D eigenvalue weighted by molar-refractivity contribution is 0.0757. The highest BCUT2D eigenvalue weighted by Gasteiger charge is 2.18. The third-order valence-corrected chi connectivity index (χ3v) is 3.82. The summed E-state index contributed by atoms with van der Waals surface area (Å²) >= 11 is 0. The predicted molar refractivity (Wildman–Crippen MR) is 90.0 cm³/mol. The summed E-state index contributed by atoms with van der Waals surface area (Å²) in [6, 6.07) is 7.65. The van der Waals surface area contributed by atoms with Crippen molar-refractivity contribution in [2.24, 2.45) is 0 Å². The molecule has 3 aromatic rings. The number of H-pyrrole nitrogens is 2. The van der Waals surface area contributed by atoms with Gasteiger partial charge in [-0.25, -0.2) is 9.97 Å². The van der Waals surface area contributed by atoms with Crippen LogP contribution in [0.5, 0.6) is 0 Å². The van der Waals surface area contributed by atoms with Crippen LogP contribution in [0.4, 0.5) is 0 Å². The average Bonchev–Trinajstić information content (AvgIpc) is 3.30. The molecule has 3 aromatic heterocycles. The summed E-state index contributed by atoms with van der Waals surface area (Å²) in [5.74, 6) is -0.240. The number of fused-ring (bicyclic) bond motifs is 1. The zero-order valence-corrected chi connectivity index (χ0v) is 13.4. The molecule has 0 saturated carbocycles. The second kappa shape index (κ2) is 7.28. The van der Waals surface area contributed by atoms with Crippen LogP contribution < -0.4 is 0 Å². The Kier molecular flexibility index (Phi) is 4.72. The van der Waals surface area contributed by atoms with E-state index in [4.69, 9.17) is 10.5 Å². The van der Waals surface area contributed by atoms with Crippen molar-refractivity contribution in [1.29, 1.82) is 10.5 Å². The van der Waals surface area contributed by atoms with Gasteiger partial charge in [-0.05, 0) is 12.1 Å². The van der Waals surface area contributed by atoms with E-state index in [9.17, 15) is 4.79 Å². The zero-order chi connectivity index (χ0) is 17.6. The Bertz CT molecular complexity index is 955. The molecule has 8 nitrogen and oxygen atoms in total. The Labute approximate surface area is 143 Å². The van der Waals surface area contributed by atoms with E-state index in [-0.39, 0.29) is 18.7 Å². The highest BCUT2D eigenvalue weighted by molar-refractivity contribution is 5.96. The number of amides is 1. The molecule has 0 aliphatic heterocycles. The van der Waals surface area contributed by atoms with Crippen LogP contribution in [-0.2, 0) is 0 Å². The minimum Gasteiger partial charge on any atom is -0.357 e. The second-order valence-corrected chi connectivity index (χ2v) is 5.37. The summed E-state index contributed by atoms with van der Waals surface area (Å²) in [4.78, 5) is 28.6. The molecular weight excluding hydrogens is 318 g/mol. The summed E-state index contributed by atoms with van der Waals surface area (Å²) in [6.45, 7) is 0.585. The van der Waals surface area contributed by atoms with E-state index >= 15 is 0 Å². The largest absolute Gasteiger partial charge is 0.357 e. The van der Waals surface area contributed by atoms with Gasteiger partial charge in [-0.2, -0.15) is 10.5 Å². The van der Waals surface area contributed by atoms with Gasteiger partial charge < -0.3 is 14.9 Å². The van der Waals surface area contributed by atoms with Crippen molar-refractivity contribution in [1.82, 2.24) is 24.8 Å². The molecular formula is C17H15N7O. The Morgan fingerprint density at radius 1 is 1.16 bits per heavy atom. The number of aromatic nitrogens is 4. The van der Waals surface area contributed by atoms with Crippen LogP contribution in [0.2, 0.25) is 0 Å². The van der Waals surface area contributed by atoms with Gasteiger partial charge in [0, 0.05) is 36.4 Å². The number of nitriles is 2. The van der Waals surface area contributed by atoms with Gasteiger partial charge in [0.15, 0.2) is 0 Å². The number of carbonyl (C=O) groups excluding carboxylic acids is 1. The highest BCUT2D eigenvalue weighted by atomic mass is 16.2. The Balaban J connectivity index is 1.87. The molecule has 0 saturated heterocycles. The van der Waals surface area contributed by atoms with Crippen molar-refractivity contribution in [2.75, 3.05) is 13.1 Å². The maximum atomic E-state index is 12.7. The van der Waals surface area contributed by atoms with Gasteiger partial charge in [0.25, 0.3) is 5.91 Å². The van der Waals surface area contributed by atoms with Crippen LogP contribution in [0.25, 0.3) is 22.3 Å². The van der Waals surface area contributed by atoms with Crippen molar-refractivity contribution in [3.05, 3.63) is 36.5 Å². The van der Waals surface area contributed by atoms with Crippen LogP contribution >= 0.6 is 0 Å². The third-order valence-electron chi connectivity index (χ3n) is 3.82. The van der Waals surface area contributed by atoms with E-state index < -0.39 is 0 Å². The Morgan fingerprint density at radius 2 is 1.92 bits per heavy atom. The van der Waals surface area contributed by atoms with Crippen LogP contribution in [-0.4, -0.2) is 43.8 Å². The molecule has 3 rings (SSSR count). The molecule has 0 unspecified atom stereocenters. The molecule has 2 N–H and O–H groups in total. The number of nitrogens with one attached hydrogen (secondary N) is 2. The molecule has 0 atom stereocenters. The third kappa shape index (κ3) is 3.33. The van der Waals surface area contributed by atoms with Crippen molar-refractivity contribution in [3.8, 4) is 23.4 Å². The first-order valence-electron chi connectivity index (χ1n) is 7.74. The fourth-order valence-corrected chi connectivity index (χ4v) is 2.61. The summed E-state index contributed by atoms with van der Waals surface area (Å²) in [7, 11) is 0.